The minimum Gasteiger partial charge on any atom is -0.454 e. The Labute approximate surface area is 173 Å². The Morgan fingerprint density at radius 1 is 1.17 bits per heavy atom. The van der Waals surface area contributed by atoms with Crippen molar-refractivity contribution < 1.29 is 14.3 Å². The van der Waals surface area contributed by atoms with Crippen LogP contribution in [-0.4, -0.2) is 22.3 Å². The van der Waals surface area contributed by atoms with E-state index in [1.54, 1.807) is 30.3 Å². The Kier molecular flexibility index (Phi) is 4.98. The summed E-state index contributed by atoms with van der Waals surface area (Å²) in [4.78, 5) is 40.1. The van der Waals surface area contributed by atoms with Crippen molar-refractivity contribution in [3.63, 3.8) is 0 Å². The maximum atomic E-state index is 12.8. The van der Waals surface area contributed by atoms with E-state index < -0.39 is 17.2 Å². The number of nitrogens with zero attached hydrogens (tertiary/aromatic N) is 1. The molecule has 0 bridgehead atoms. The number of amides is 1. The van der Waals surface area contributed by atoms with E-state index in [1.807, 2.05) is 13.0 Å². The number of halogens is 1. The Balaban J connectivity index is 1.63. The van der Waals surface area contributed by atoms with Gasteiger partial charge in [-0.05, 0) is 48.4 Å². The van der Waals surface area contributed by atoms with Crippen LogP contribution in [0.1, 0.15) is 21.5 Å². The van der Waals surface area contributed by atoms with Crippen molar-refractivity contribution in [3.05, 3.63) is 84.6 Å². The summed E-state index contributed by atoms with van der Waals surface area (Å²) in [7, 11) is 0. The number of carbonyl (C=O) groups is 1. The molecule has 0 unspecified atom stereocenters. The zero-order valence-corrected chi connectivity index (χ0v) is 16.9. The van der Waals surface area contributed by atoms with Gasteiger partial charge in [-0.1, -0.05) is 22.0 Å². The van der Waals surface area contributed by atoms with Crippen molar-refractivity contribution in [2.75, 3.05) is 12.1 Å². The summed E-state index contributed by atoms with van der Waals surface area (Å²) in [5.41, 5.74) is 0.627. The number of nitrogens with one attached hydrogen (secondary N) is 2. The molecule has 1 aliphatic rings. The number of aromatic amines is 1. The third kappa shape index (κ3) is 3.81. The van der Waals surface area contributed by atoms with Gasteiger partial charge in [-0.15, -0.1) is 0 Å². The van der Waals surface area contributed by atoms with Gasteiger partial charge in [0.25, 0.3) is 11.5 Å². The fourth-order valence-corrected chi connectivity index (χ4v) is 3.47. The normalized spacial score (nSPS) is 12.1. The quantitative estimate of drug-likeness (QED) is 0.626. The molecule has 0 saturated heterocycles. The maximum absolute atomic E-state index is 12.8. The first-order chi connectivity index (χ1) is 13.9. The van der Waals surface area contributed by atoms with Crippen molar-refractivity contribution in [1.29, 1.82) is 0 Å². The van der Waals surface area contributed by atoms with Gasteiger partial charge in [0, 0.05) is 16.4 Å². The summed E-state index contributed by atoms with van der Waals surface area (Å²) in [5.74, 6) is 0.552. The van der Waals surface area contributed by atoms with E-state index >= 15 is 0 Å². The first-order valence-electron chi connectivity index (χ1n) is 8.71. The topological polar surface area (TPSA) is 102 Å². The van der Waals surface area contributed by atoms with Crippen LogP contribution in [0, 0.1) is 6.92 Å². The average molecular weight is 458 g/mol. The van der Waals surface area contributed by atoms with Gasteiger partial charge in [0.05, 0.1) is 6.54 Å². The molecule has 3 aromatic rings. The second-order valence-corrected chi connectivity index (χ2v) is 7.42. The number of ether oxygens (including phenoxy) is 2. The number of benzene rings is 2. The van der Waals surface area contributed by atoms with Crippen molar-refractivity contribution in [2.45, 2.75) is 13.5 Å². The predicted octanol–water partition coefficient (Wildman–Crippen LogP) is 2.64. The van der Waals surface area contributed by atoms with Gasteiger partial charge in [0.2, 0.25) is 6.79 Å². The van der Waals surface area contributed by atoms with Crippen LogP contribution in [0.15, 0.2) is 56.7 Å². The number of anilines is 1. The third-order valence-corrected chi connectivity index (χ3v) is 5.01. The van der Waals surface area contributed by atoms with Crippen LogP contribution in [0.2, 0.25) is 0 Å². The van der Waals surface area contributed by atoms with Crippen LogP contribution in [-0.2, 0) is 6.54 Å². The highest BCUT2D eigenvalue weighted by atomic mass is 79.9. The van der Waals surface area contributed by atoms with Crippen molar-refractivity contribution >= 4 is 27.5 Å². The molecule has 2 aromatic carbocycles. The first-order valence-corrected chi connectivity index (χ1v) is 9.50. The van der Waals surface area contributed by atoms with Crippen molar-refractivity contribution in [1.82, 2.24) is 9.55 Å². The molecule has 1 amide bonds. The van der Waals surface area contributed by atoms with Crippen molar-refractivity contribution in [2.24, 2.45) is 0 Å². The summed E-state index contributed by atoms with van der Waals surface area (Å²) in [6, 6.07) is 10.5. The molecular formula is C20H16BrN3O5. The number of aryl methyl sites for hydroxylation is 1. The van der Waals surface area contributed by atoms with E-state index in [0.717, 1.165) is 20.8 Å². The van der Waals surface area contributed by atoms with E-state index in [9.17, 15) is 14.4 Å². The van der Waals surface area contributed by atoms with Crippen molar-refractivity contribution in [3.8, 4) is 11.5 Å². The van der Waals surface area contributed by atoms with Crippen LogP contribution in [0.3, 0.4) is 0 Å². The molecule has 4 rings (SSSR count). The zero-order chi connectivity index (χ0) is 20.5. The van der Waals surface area contributed by atoms with Gasteiger partial charge in [-0.25, -0.2) is 4.79 Å². The van der Waals surface area contributed by atoms with Crippen LogP contribution in [0.4, 0.5) is 5.69 Å². The third-order valence-electron chi connectivity index (χ3n) is 4.52. The summed E-state index contributed by atoms with van der Waals surface area (Å²) < 4.78 is 12.4. The SMILES string of the molecule is Cc1cc(Br)ccc1NC(=O)c1c[nH]c(=O)n(Cc2ccc3c(c2)OCO3)c1=O. The van der Waals surface area contributed by atoms with E-state index in [4.69, 9.17) is 9.47 Å². The second-order valence-electron chi connectivity index (χ2n) is 6.50. The average Bonchev–Trinajstić information content (AvgIpc) is 3.15. The number of fused-ring (bicyclic) bond motifs is 1. The van der Waals surface area contributed by atoms with Crippen LogP contribution >= 0.6 is 15.9 Å². The molecule has 0 saturated carbocycles. The number of hydrogen-bond acceptors (Lipinski definition) is 5. The number of rotatable bonds is 4. The molecule has 0 atom stereocenters. The molecule has 0 aliphatic carbocycles. The molecular weight excluding hydrogens is 442 g/mol. The first kappa shape index (κ1) is 19.0. The lowest BCUT2D eigenvalue weighted by Crippen LogP contribution is -2.39. The van der Waals surface area contributed by atoms with E-state index in [-0.39, 0.29) is 18.9 Å². The molecule has 8 nitrogen and oxygen atoms in total. The Hall–Kier alpha value is -3.33. The zero-order valence-electron chi connectivity index (χ0n) is 15.3. The Bertz CT molecular complexity index is 1230. The molecule has 0 fully saturated rings. The number of hydrogen-bond donors (Lipinski definition) is 2. The minimum atomic E-state index is -0.682. The summed E-state index contributed by atoms with van der Waals surface area (Å²) in [6.45, 7) is 1.96. The molecule has 2 heterocycles. The number of H-pyrrole nitrogens is 1. The second kappa shape index (κ2) is 7.59. The molecule has 29 heavy (non-hydrogen) atoms. The highest BCUT2D eigenvalue weighted by molar-refractivity contribution is 9.10. The lowest BCUT2D eigenvalue weighted by molar-refractivity contribution is 0.102. The largest absolute Gasteiger partial charge is 0.454 e. The highest BCUT2D eigenvalue weighted by Gasteiger charge is 2.18. The van der Waals surface area contributed by atoms with Crippen LogP contribution in [0.25, 0.3) is 0 Å². The van der Waals surface area contributed by atoms with Gasteiger partial charge in [-0.3, -0.25) is 14.2 Å². The molecule has 0 spiro atoms. The molecule has 1 aromatic heterocycles. The van der Waals surface area contributed by atoms with E-state index in [0.29, 0.717) is 22.7 Å². The summed E-state index contributed by atoms with van der Waals surface area (Å²) in [5, 5.41) is 2.71. The Morgan fingerprint density at radius 2 is 1.97 bits per heavy atom. The number of carbonyl (C=O) groups excluding carboxylic acids is 1. The fraction of sp³-hybridized carbons (Fsp3) is 0.150. The van der Waals surface area contributed by atoms with Gasteiger partial charge >= 0.3 is 5.69 Å². The minimum absolute atomic E-state index is 0.0107. The summed E-state index contributed by atoms with van der Waals surface area (Å²) in [6.07, 6.45) is 1.13. The van der Waals surface area contributed by atoms with E-state index in [2.05, 4.69) is 26.2 Å². The molecule has 0 radical (unpaired) electrons. The van der Waals surface area contributed by atoms with Gasteiger partial charge in [-0.2, -0.15) is 0 Å². The molecule has 148 valence electrons. The van der Waals surface area contributed by atoms with Gasteiger partial charge < -0.3 is 19.8 Å². The lowest BCUT2D eigenvalue weighted by atomic mass is 10.2. The van der Waals surface area contributed by atoms with Gasteiger partial charge in [0.1, 0.15) is 5.56 Å². The fourth-order valence-electron chi connectivity index (χ4n) is 3.00. The van der Waals surface area contributed by atoms with Crippen LogP contribution < -0.4 is 26.0 Å². The standard InChI is InChI=1S/C20H16BrN3O5/c1-11-6-13(21)3-4-15(11)23-18(25)14-8-22-20(27)24(19(14)26)9-12-2-5-16-17(7-12)29-10-28-16/h2-8H,9-10H2,1H3,(H,22,27)(H,23,25). The van der Waals surface area contributed by atoms with Crippen LogP contribution in [0.5, 0.6) is 11.5 Å². The molecule has 9 heteroatoms. The molecule has 2 N–H and O–H groups in total. The summed E-state index contributed by atoms with van der Waals surface area (Å²) >= 11 is 3.36. The number of aromatic nitrogens is 2. The smallest absolute Gasteiger partial charge is 0.328 e. The monoisotopic (exact) mass is 457 g/mol. The lowest BCUT2D eigenvalue weighted by Gasteiger charge is -2.10. The van der Waals surface area contributed by atoms with Gasteiger partial charge in [0.15, 0.2) is 11.5 Å². The predicted molar refractivity (Wildman–Crippen MR) is 110 cm³/mol. The Morgan fingerprint density at radius 3 is 2.76 bits per heavy atom. The van der Waals surface area contributed by atoms with E-state index in [1.165, 1.54) is 0 Å². The highest BCUT2D eigenvalue weighted by Crippen LogP contribution is 2.32. The molecule has 1 aliphatic heterocycles. The maximum Gasteiger partial charge on any atom is 0.328 e.